The van der Waals surface area contributed by atoms with Gasteiger partial charge in [-0.1, -0.05) is 49.0 Å². The second kappa shape index (κ2) is 7.81. The van der Waals surface area contributed by atoms with E-state index in [1.54, 1.807) is 11.8 Å². The average molecular weight is 301 g/mol. The number of H-pyrrole nitrogens is 1. The molecule has 6 heteroatoms. The monoisotopic (exact) mass is 301 g/mol. The maximum atomic E-state index is 9.76. The van der Waals surface area contributed by atoms with Gasteiger partial charge in [-0.25, -0.2) is 4.98 Å². The quantitative estimate of drug-likeness (QED) is 0.733. The molecule has 5 nitrogen and oxygen atoms in total. The highest BCUT2D eigenvalue weighted by Crippen LogP contribution is 2.27. The van der Waals surface area contributed by atoms with Gasteiger partial charge in [-0.2, -0.15) is 10.4 Å². The van der Waals surface area contributed by atoms with Crippen LogP contribution in [0.15, 0.2) is 41.8 Å². The first-order valence-corrected chi connectivity index (χ1v) is 7.99. The molecule has 0 bridgehead atoms. The molecule has 0 saturated carbocycles. The molecule has 0 aliphatic carbocycles. The van der Waals surface area contributed by atoms with Crippen molar-refractivity contribution in [1.29, 1.82) is 5.26 Å². The molecule has 0 spiro atoms. The topological polar surface area (TPSA) is 77.4 Å². The van der Waals surface area contributed by atoms with Crippen LogP contribution in [0.4, 0.5) is 0 Å². The van der Waals surface area contributed by atoms with Gasteiger partial charge in [0.2, 0.25) is 0 Å². The smallest absolute Gasteiger partial charge is 0.183 e. The predicted octanol–water partition coefficient (Wildman–Crippen LogP) is 2.71. The van der Waals surface area contributed by atoms with E-state index in [9.17, 15) is 5.26 Å². The number of nitrogens with zero attached hydrogens (tertiary/aromatic N) is 3. The molecule has 2 aromatic rings. The van der Waals surface area contributed by atoms with Crippen LogP contribution in [0, 0.1) is 11.3 Å². The highest BCUT2D eigenvalue weighted by Gasteiger charge is 2.31. The van der Waals surface area contributed by atoms with Gasteiger partial charge in [0.05, 0.1) is 6.07 Å². The number of hydrogen-bond acceptors (Lipinski definition) is 5. The second-order valence-electron chi connectivity index (χ2n) is 4.70. The van der Waals surface area contributed by atoms with Gasteiger partial charge in [-0.3, -0.25) is 10.4 Å². The number of aromatic nitrogens is 3. The van der Waals surface area contributed by atoms with E-state index in [2.05, 4.69) is 33.5 Å². The number of rotatable bonds is 8. The lowest BCUT2D eigenvalue weighted by Crippen LogP contribution is -2.42. The second-order valence-corrected chi connectivity index (χ2v) is 5.78. The van der Waals surface area contributed by atoms with Crippen LogP contribution >= 0.6 is 11.8 Å². The van der Waals surface area contributed by atoms with Crippen LogP contribution < -0.4 is 5.32 Å². The summed E-state index contributed by atoms with van der Waals surface area (Å²) in [6, 6.07) is 12.4. The van der Waals surface area contributed by atoms with Gasteiger partial charge < -0.3 is 0 Å². The Labute approximate surface area is 129 Å². The summed E-state index contributed by atoms with van der Waals surface area (Å²) >= 11 is 1.58. The Morgan fingerprint density at radius 2 is 2.19 bits per heavy atom. The summed E-state index contributed by atoms with van der Waals surface area (Å²) in [4.78, 5) is 4.09. The summed E-state index contributed by atoms with van der Waals surface area (Å²) in [6.07, 6.45) is 3.19. The van der Waals surface area contributed by atoms with Crippen LogP contribution in [0.3, 0.4) is 0 Å². The predicted molar refractivity (Wildman–Crippen MR) is 83.8 cm³/mol. The summed E-state index contributed by atoms with van der Waals surface area (Å²) in [5.41, 5.74) is 0.365. The summed E-state index contributed by atoms with van der Waals surface area (Å²) in [5, 5.41) is 20.6. The molecule has 0 aliphatic rings. The van der Waals surface area contributed by atoms with E-state index in [1.165, 1.54) is 6.33 Å². The third kappa shape index (κ3) is 4.06. The number of nitrogens with one attached hydrogen (secondary N) is 2. The van der Waals surface area contributed by atoms with Crippen LogP contribution in [0.2, 0.25) is 0 Å². The van der Waals surface area contributed by atoms with Gasteiger partial charge in [0, 0.05) is 5.75 Å². The lowest BCUT2D eigenvalue weighted by Gasteiger charge is -2.28. The molecular weight excluding hydrogens is 282 g/mol. The van der Waals surface area contributed by atoms with E-state index in [-0.39, 0.29) is 0 Å². The molecule has 1 atom stereocenters. The zero-order valence-electron chi connectivity index (χ0n) is 12.0. The molecule has 2 rings (SSSR count). The van der Waals surface area contributed by atoms with E-state index < -0.39 is 5.54 Å². The van der Waals surface area contributed by atoms with E-state index in [1.807, 2.05) is 30.3 Å². The minimum atomic E-state index is -0.649. The first-order chi connectivity index (χ1) is 10.3. The molecule has 2 N–H and O–H groups in total. The molecular formula is C15H19N5S. The molecule has 1 unspecified atom stereocenters. The fraction of sp³-hybridized carbons (Fsp3) is 0.400. The molecule has 1 aromatic heterocycles. The van der Waals surface area contributed by atoms with Gasteiger partial charge in [-0.05, 0) is 24.9 Å². The molecule has 0 amide bonds. The Kier molecular flexibility index (Phi) is 5.78. The number of nitriles is 1. The lowest BCUT2D eigenvalue weighted by molar-refractivity contribution is 0.416. The standard InChI is InChI=1S/C15H19N5S/c1-2-9-18-15(11-16,13-6-4-3-5-7-13)8-10-21-14-17-12-19-20-14/h3-7,12,18H,2,8-10H2,1H3,(H,17,19,20). The summed E-state index contributed by atoms with van der Waals surface area (Å²) in [6.45, 7) is 2.92. The van der Waals surface area contributed by atoms with Gasteiger partial charge >= 0.3 is 0 Å². The molecule has 110 valence electrons. The van der Waals surface area contributed by atoms with Gasteiger partial charge in [0.25, 0.3) is 0 Å². The van der Waals surface area contributed by atoms with Crippen molar-refractivity contribution in [3.63, 3.8) is 0 Å². The van der Waals surface area contributed by atoms with Crippen molar-refractivity contribution < 1.29 is 0 Å². The van der Waals surface area contributed by atoms with Crippen LogP contribution in [-0.4, -0.2) is 27.5 Å². The summed E-state index contributed by atoms with van der Waals surface area (Å²) < 4.78 is 0. The number of aromatic amines is 1. The molecule has 1 heterocycles. The van der Waals surface area contributed by atoms with E-state index in [0.29, 0.717) is 6.42 Å². The SMILES string of the molecule is CCCNC(C#N)(CCSc1ncn[nH]1)c1ccccc1. The maximum absolute atomic E-state index is 9.76. The Hall–Kier alpha value is -1.84. The van der Waals surface area contributed by atoms with Crippen molar-refractivity contribution in [3.8, 4) is 6.07 Å². The van der Waals surface area contributed by atoms with Crippen LogP contribution in [0.1, 0.15) is 25.3 Å². The van der Waals surface area contributed by atoms with Crippen molar-refractivity contribution >= 4 is 11.8 Å². The van der Waals surface area contributed by atoms with Crippen LogP contribution in [0.5, 0.6) is 0 Å². The normalized spacial score (nSPS) is 13.5. The van der Waals surface area contributed by atoms with Crippen molar-refractivity contribution in [1.82, 2.24) is 20.5 Å². The van der Waals surface area contributed by atoms with Gasteiger partial charge in [-0.15, -0.1) is 0 Å². The van der Waals surface area contributed by atoms with E-state index in [0.717, 1.165) is 29.4 Å². The van der Waals surface area contributed by atoms with E-state index in [4.69, 9.17) is 0 Å². The third-order valence-corrected chi connectivity index (χ3v) is 4.12. The molecule has 0 saturated heterocycles. The van der Waals surface area contributed by atoms with Crippen molar-refractivity contribution in [2.75, 3.05) is 12.3 Å². The first kappa shape index (κ1) is 15.5. The Morgan fingerprint density at radius 3 is 2.81 bits per heavy atom. The number of benzene rings is 1. The summed E-state index contributed by atoms with van der Waals surface area (Å²) in [7, 11) is 0. The average Bonchev–Trinajstić information content (AvgIpc) is 3.05. The van der Waals surface area contributed by atoms with Crippen LogP contribution in [-0.2, 0) is 5.54 Å². The zero-order chi connectivity index (χ0) is 15.0. The Bertz CT molecular complexity index is 564. The molecule has 0 fully saturated rings. The number of thioether (sulfide) groups is 1. The highest BCUT2D eigenvalue weighted by atomic mass is 32.2. The summed E-state index contributed by atoms with van der Waals surface area (Å²) in [5.74, 6) is 0.786. The Morgan fingerprint density at radius 1 is 1.38 bits per heavy atom. The minimum Gasteiger partial charge on any atom is -0.296 e. The van der Waals surface area contributed by atoms with Crippen molar-refractivity contribution in [3.05, 3.63) is 42.2 Å². The van der Waals surface area contributed by atoms with Gasteiger partial charge in [0.1, 0.15) is 11.9 Å². The minimum absolute atomic E-state index is 0.649. The fourth-order valence-corrected chi connectivity index (χ4v) is 2.96. The lowest BCUT2D eigenvalue weighted by atomic mass is 9.88. The molecule has 0 radical (unpaired) electrons. The fourth-order valence-electron chi connectivity index (χ4n) is 2.12. The number of hydrogen-bond donors (Lipinski definition) is 2. The molecule has 0 aliphatic heterocycles. The first-order valence-electron chi connectivity index (χ1n) is 7.00. The largest absolute Gasteiger partial charge is 0.296 e. The van der Waals surface area contributed by atoms with Gasteiger partial charge in [0.15, 0.2) is 5.16 Å². The molecule has 1 aromatic carbocycles. The van der Waals surface area contributed by atoms with Crippen LogP contribution in [0.25, 0.3) is 0 Å². The maximum Gasteiger partial charge on any atom is 0.183 e. The third-order valence-electron chi connectivity index (χ3n) is 3.24. The highest BCUT2D eigenvalue weighted by molar-refractivity contribution is 7.99. The van der Waals surface area contributed by atoms with Crippen molar-refractivity contribution in [2.24, 2.45) is 0 Å². The van der Waals surface area contributed by atoms with E-state index >= 15 is 0 Å². The zero-order valence-corrected chi connectivity index (χ0v) is 12.9. The molecule has 21 heavy (non-hydrogen) atoms. The Balaban J connectivity index is 2.09. The van der Waals surface area contributed by atoms with Crippen molar-refractivity contribution in [2.45, 2.75) is 30.5 Å².